The molecule has 0 aliphatic rings. The number of carbonyl (C=O) groups excluding carboxylic acids is 1. The summed E-state index contributed by atoms with van der Waals surface area (Å²) >= 11 is 1.24. The number of carbonyl (C=O) groups is 1. The summed E-state index contributed by atoms with van der Waals surface area (Å²) in [7, 11) is 0. The van der Waals surface area contributed by atoms with Crippen molar-refractivity contribution in [1.82, 2.24) is 20.3 Å². The lowest BCUT2D eigenvalue weighted by atomic mass is 10.1. The van der Waals surface area contributed by atoms with E-state index in [2.05, 4.69) is 20.3 Å². The zero-order chi connectivity index (χ0) is 17.1. The van der Waals surface area contributed by atoms with Gasteiger partial charge in [0.25, 0.3) is 5.91 Å². The molecular formula is C16H12F2N4OS. The number of aromatic nitrogens is 3. The van der Waals surface area contributed by atoms with E-state index in [-0.39, 0.29) is 11.3 Å². The lowest BCUT2D eigenvalue weighted by molar-refractivity contribution is 0.0935. The molecular weight excluding hydrogens is 334 g/mol. The van der Waals surface area contributed by atoms with Crippen LogP contribution >= 0.6 is 11.3 Å². The quantitative estimate of drug-likeness (QED) is 0.786. The fourth-order valence-electron chi connectivity index (χ4n) is 2.09. The Morgan fingerprint density at radius 3 is 2.71 bits per heavy atom. The van der Waals surface area contributed by atoms with Crippen LogP contribution in [0, 0.1) is 11.6 Å². The number of hydrogen-bond acceptors (Lipinski definition) is 5. The van der Waals surface area contributed by atoms with Crippen molar-refractivity contribution in [2.24, 2.45) is 0 Å². The largest absolute Gasteiger partial charge is 0.344 e. The van der Waals surface area contributed by atoms with E-state index in [0.29, 0.717) is 10.8 Å². The topological polar surface area (TPSA) is 67.8 Å². The molecule has 0 saturated heterocycles. The molecule has 3 rings (SSSR count). The molecule has 1 atom stereocenters. The molecule has 0 aliphatic heterocycles. The molecule has 0 saturated carbocycles. The zero-order valence-electron chi connectivity index (χ0n) is 12.5. The van der Waals surface area contributed by atoms with Crippen molar-refractivity contribution in [2.45, 2.75) is 13.0 Å². The maximum Gasteiger partial charge on any atom is 0.271 e. The van der Waals surface area contributed by atoms with Crippen LogP contribution in [0.2, 0.25) is 0 Å². The molecule has 3 aromatic rings. The fourth-order valence-corrected chi connectivity index (χ4v) is 2.84. The van der Waals surface area contributed by atoms with Crippen molar-refractivity contribution in [2.75, 3.05) is 0 Å². The molecule has 2 heterocycles. The predicted molar refractivity (Wildman–Crippen MR) is 85.4 cm³/mol. The molecule has 8 heteroatoms. The van der Waals surface area contributed by atoms with Gasteiger partial charge < -0.3 is 5.32 Å². The van der Waals surface area contributed by atoms with Gasteiger partial charge in [0.1, 0.15) is 17.3 Å². The number of nitrogens with zero attached hydrogens (tertiary/aromatic N) is 3. The highest BCUT2D eigenvalue weighted by Crippen LogP contribution is 2.21. The lowest BCUT2D eigenvalue weighted by Crippen LogP contribution is -2.27. The van der Waals surface area contributed by atoms with Crippen LogP contribution in [-0.4, -0.2) is 20.9 Å². The van der Waals surface area contributed by atoms with E-state index in [1.807, 2.05) is 0 Å². The molecule has 0 unspecified atom stereocenters. The van der Waals surface area contributed by atoms with Crippen molar-refractivity contribution >= 4 is 17.2 Å². The molecule has 0 aliphatic carbocycles. The van der Waals surface area contributed by atoms with E-state index in [4.69, 9.17) is 0 Å². The Balaban J connectivity index is 1.74. The summed E-state index contributed by atoms with van der Waals surface area (Å²) in [4.78, 5) is 24.6. The first-order valence-corrected chi connectivity index (χ1v) is 7.91. The van der Waals surface area contributed by atoms with Crippen LogP contribution in [0.5, 0.6) is 0 Å². The highest BCUT2D eigenvalue weighted by atomic mass is 32.1. The first kappa shape index (κ1) is 16.1. The summed E-state index contributed by atoms with van der Waals surface area (Å²) in [6.45, 7) is 1.61. The molecule has 24 heavy (non-hydrogen) atoms. The molecule has 0 fully saturated rings. The van der Waals surface area contributed by atoms with E-state index >= 15 is 0 Å². The SMILES string of the molecule is C[C@H](NC(=O)c1csc(-c2ncccn2)n1)c1ccc(F)cc1F. The van der Waals surface area contributed by atoms with Gasteiger partial charge in [-0.1, -0.05) is 6.07 Å². The molecule has 5 nitrogen and oxygen atoms in total. The van der Waals surface area contributed by atoms with Gasteiger partial charge in [-0.2, -0.15) is 0 Å². The highest BCUT2D eigenvalue weighted by Gasteiger charge is 2.18. The van der Waals surface area contributed by atoms with Gasteiger partial charge >= 0.3 is 0 Å². The number of benzene rings is 1. The number of halogens is 2. The van der Waals surface area contributed by atoms with Gasteiger partial charge in [0.2, 0.25) is 0 Å². The third-order valence-electron chi connectivity index (χ3n) is 3.27. The molecule has 0 radical (unpaired) electrons. The molecule has 1 aromatic carbocycles. The minimum absolute atomic E-state index is 0.192. The van der Waals surface area contributed by atoms with Crippen LogP contribution in [0.4, 0.5) is 8.78 Å². The molecule has 2 aromatic heterocycles. The number of thiazole rings is 1. The normalized spacial score (nSPS) is 12.0. The molecule has 122 valence electrons. The number of amides is 1. The Bertz CT molecular complexity index is 870. The predicted octanol–water partition coefficient (Wildman–Crippen LogP) is 3.37. The third kappa shape index (κ3) is 3.43. The summed E-state index contributed by atoms with van der Waals surface area (Å²) in [6, 6.07) is 4.29. The van der Waals surface area contributed by atoms with Gasteiger partial charge in [0, 0.05) is 29.4 Å². The monoisotopic (exact) mass is 346 g/mol. The van der Waals surface area contributed by atoms with Crippen molar-refractivity contribution in [3.05, 3.63) is 64.9 Å². The van der Waals surface area contributed by atoms with E-state index in [1.165, 1.54) is 17.4 Å². The summed E-state index contributed by atoms with van der Waals surface area (Å²) in [5.41, 5.74) is 0.392. The molecule has 1 amide bonds. The second kappa shape index (κ2) is 6.79. The Morgan fingerprint density at radius 1 is 1.25 bits per heavy atom. The number of hydrogen-bond donors (Lipinski definition) is 1. The van der Waals surface area contributed by atoms with Crippen LogP contribution in [0.25, 0.3) is 10.8 Å². The Hall–Kier alpha value is -2.74. The highest BCUT2D eigenvalue weighted by molar-refractivity contribution is 7.13. The molecule has 1 N–H and O–H groups in total. The summed E-state index contributed by atoms with van der Waals surface area (Å²) in [5.74, 6) is -1.40. The van der Waals surface area contributed by atoms with Crippen LogP contribution in [0.1, 0.15) is 29.0 Å². The van der Waals surface area contributed by atoms with Crippen molar-refractivity contribution in [3.63, 3.8) is 0 Å². The maximum atomic E-state index is 13.8. The smallest absolute Gasteiger partial charge is 0.271 e. The average Bonchev–Trinajstić information content (AvgIpc) is 3.05. The van der Waals surface area contributed by atoms with Crippen LogP contribution in [0.15, 0.2) is 42.0 Å². The van der Waals surface area contributed by atoms with E-state index in [9.17, 15) is 13.6 Å². The third-order valence-corrected chi connectivity index (χ3v) is 4.11. The van der Waals surface area contributed by atoms with Gasteiger partial charge in [0.15, 0.2) is 10.8 Å². The minimum atomic E-state index is -0.709. The first-order valence-electron chi connectivity index (χ1n) is 7.03. The van der Waals surface area contributed by atoms with E-state index in [1.54, 1.807) is 30.8 Å². The van der Waals surface area contributed by atoms with Crippen molar-refractivity contribution in [3.8, 4) is 10.8 Å². The summed E-state index contributed by atoms with van der Waals surface area (Å²) in [5, 5.41) is 4.73. The first-order chi connectivity index (χ1) is 11.5. The van der Waals surface area contributed by atoms with Gasteiger partial charge in [-0.05, 0) is 19.1 Å². The summed E-state index contributed by atoms with van der Waals surface area (Å²) < 4.78 is 26.7. The maximum absolute atomic E-state index is 13.8. The van der Waals surface area contributed by atoms with Gasteiger partial charge in [0.05, 0.1) is 6.04 Å². The molecule has 0 spiro atoms. The number of rotatable bonds is 4. The average molecular weight is 346 g/mol. The van der Waals surface area contributed by atoms with E-state index in [0.717, 1.165) is 12.1 Å². The van der Waals surface area contributed by atoms with Crippen LogP contribution < -0.4 is 5.32 Å². The minimum Gasteiger partial charge on any atom is -0.344 e. The van der Waals surface area contributed by atoms with Gasteiger partial charge in [-0.15, -0.1) is 11.3 Å². The second-order valence-corrected chi connectivity index (χ2v) is 5.83. The Morgan fingerprint density at radius 2 is 2.00 bits per heavy atom. The van der Waals surface area contributed by atoms with Crippen LogP contribution in [0.3, 0.4) is 0 Å². The Labute approximate surface area is 140 Å². The van der Waals surface area contributed by atoms with Gasteiger partial charge in [-0.25, -0.2) is 23.7 Å². The van der Waals surface area contributed by atoms with Crippen LogP contribution in [-0.2, 0) is 0 Å². The van der Waals surface area contributed by atoms with Crippen molar-refractivity contribution in [1.29, 1.82) is 0 Å². The standard InChI is InChI=1S/C16H12F2N4OS/c1-9(11-4-3-10(17)7-12(11)18)21-15(23)13-8-24-16(22-13)14-19-5-2-6-20-14/h2-9H,1H3,(H,21,23)/t9-/m0/s1. The van der Waals surface area contributed by atoms with Crippen molar-refractivity contribution < 1.29 is 13.6 Å². The fraction of sp³-hybridized carbons (Fsp3) is 0.125. The van der Waals surface area contributed by atoms with Gasteiger partial charge in [-0.3, -0.25) is 4.79 Å². The second-order valence-electron chi connectivity index (χ2n) is 4.97. The lowest BCUT2D eigenvalue weighted by Gasteiger charge is -2.14. The molecule has 0 bridgehead atoms. The zero-order valence-corrected chi connectivity index (χ0v) is 13.3. The summed E-state index contributed by atoms with van der Waals surface area (Å²) in [6.07, 6.45) is 3.17. The van der Waals surface area contributed by atoms with E-state index < -0.39 is 23.6 Å². The Kier molecular flexibility index (Phi) is 4.57. The number of nitrogens with one attached hydrogen (secondary N) is 1.